The van der Waals surface area contributed by atoms with Gasteiger partial charge in [0.15, 0.2) is 15.0 Å². The molecule has 0 unspecified atom stereocenters. The number of carbonyl (C=O) groups is 1. The monoisotopic (exact) mass is 368 g/mol. The molecule has 0 saturated carbocycles. The van der Waals surface area contributed by atoms with Crippen molar-refractivity contribution in [3.05, 3.63) is 29.8 Å². The van der Waals surface area contributed by atoms with Crippen LogP contribution >= 0.6 is 11.8 Å². The summed E-state index contributed by atoms with van der Waals surface area (Å²) in [6.45, 7) is 2.53. The fraction of sp³-hybridized carbons (Fsp3) is 0.500. The maximum atomic E-state index is 12.2. The minimum absolute atomic E-state index is 0.0166. The van der Waals surface area contributed by atoms with Gasteiger partial charge in [0.25, 0.3) is 5.91 Å². The molecule has 2 fully saturated rings. The summed E-state index contributed by atoms with van der Waals surface area (Å²) in [5.74, 6) is 0.864. The number of nitrogens with zero attached hydrogens (tertiary/aromatic N) is 2. The summed E-state index contributed by atoms with van der Waals surface area (Å²) in [5, 5.41) is 0.605. The standard InChI is InChI=1S/C16H20N2O4S2/c1-3-22-12-6-4-11(5-7-12)8-15(19)17-16-18(2)13-9-24(20,21)10-14(13)23-16/h4-7,13-14H,3,8-10H2,1-2H3/t13-,14+/m0/s1. The normalized spacial score (nSPS) is 26.6. The second-order valence-electron chi connectivity index (χ2n) is 5.95. The highest BCUT2D eigenvalue weighted by molar-refractivity contribution is 8.15. The fourth-order valence-corrected chi connectivity index (χ4v) is 6.94. The molecule has 3 rings (SSSR count). The van der Waals surface area contributed by atoms with Crippen LogP contribution in [0.5, 0.6) is 5.75 Å². The Hall–Kier alpha value is -1.54. The van der Waals surface area contributed by atoms with Gasteiger partial charge in [-0.2, -0.15) is 4.99 Å². The largest absolute Gasteiger partial charge is 0.494 e. The van der Waals surface area contributed by atoms with Gasteiger partial charge < -0.3 is 9.64 Å². The number of aliphatic imine (C=N–C) groups is 1. The third-order valence-electron chi connectivity index (χ3n) is 4.14. The number of hydrogen-bond donors (Lipinski definition) is 0. The van der Waals surface area contributed by atoms with Crippen LogP contribution in [-0.2, 0) is 21.1 Å². The highest BCUT2D eigenvalue weighted by Gasteiger charge is 2.47. The zero-order valence-corrected chi connectivity index (χ0v) is 15.3. The molecule has 8 heteroatoms. The van der Waals surface area contributed by atoms with Crippen LogP contribution in [0.1, 0.15) is 12.5 Å². The van der Waals surface area contributed by atoms with Crippen molar-refractivity contribution in [1.29, 1.82) is 0 Å². The number of amides is 1. The first-order valence-corrected chi connectivity index (χ1v) is 10.5. The van der Waals surface area contributed by atoms with E-state index in [0.29, 0.717) is 11.8 Å². The maximum absolute atomic E-state index is 12.2. The van der Waals surface area contributed by atoms with E-state index in [1.807, 2.05) is 43.1 Å². The van der Waals surface area contributed by atoms with Gasteiger partial charge in [-0.05, 0) is 24.6 Å². The number of ether oxygens (including phenoxy) is 1. The number of carbonyl (C=O) groups excluding carboxylic acids is 1. The van der Waals surface area contributed by atoms with E-state index < -0.39 is 9.84 Å². The lowest BCUT2D eigenvalue weighted by Gasteiger charge is -2.17. The molecule has 1 aromatic rings. The molecule has 0 aliphatic carbocycles. The van der Waals surface area contributed by atoms with E-state index in [2.05, 4.69) is 4.99 Å². The second kappa shape index (κ2) is 6.76. The number of thioether (sulfide) groups is 1. The van der Waals surface area contributed by atoms with Crippen molar-refractivity contribution >= 4 is 32.7 Å². The third-order valence-corrected chi connectivity index (χ3v) is 7.44. The van der Waals surface area contributed by atoms with Gasteiger partial charge >= 0.3 is 0 Å². The molecule has 130 valence electrons. The van der Waals surface area contributed by atoms with Gasteiger partial charge in [0.1, 0.15) is 5.75 Å². The molecular formula is C16H20N2O4S2. The number of benzene rings is 1. The van der Waals surface area contributed by atoms with Crippen LogP contribution in [0.3, 0.4) is 0 Å². The minimum Gasteiger partial charge on any atom is -0.494 e. The first kappa shape index (κ1) is 17.3. The number of hydrogen-bond acceptors (Lipinski definition) is 5. The SMILES string of the molecule is CCOc1ccc(CC(=O)N=C2S[C@@H]3CS(=O)(=O)C[C@@H]3N2C)cc1. The first-order valence-electron chi connectivity index (χ1n) is 7.81. The van der Waals surface area contributed by atoms with Crippen molar-refractivity contribution in [2.75, 3.05) is 25.2 Å². The quantitative estimate of drug-likeness (QED) is 0.799. The number of sulfone groups is 1. The van der Waals surface area contributed by atoms with E-state index in [4.69, 9.17) is 4.74 Å². The summed E-state index contributed by atoms with van der Waals surface area (Å²) in [7, 11) is -1.16. The Morgan fingerprint density at radius 1 is 1.33 bits per heavy atom. The van der Waals surface area contributed by atoms with Crippen LogP contribution in [0.2, 0.25) is 0 Å². The predicted octanol–water partition coefficient (Wildman–Crippen LogP) is 1.35. The van der Waals surface area contributed by atoms with Crippen LogP contribution in [0.15, 0.2) is 29.3 Å². The molecule has 2 heterocycles. The number of fused-ring (bicyclic) bond motifs is 1. The summed E-state index contributed by atoms with van der Waals surface area (Å²) in [5.41, 5.74) is 0.876. The molecular weight excluding hydrogens is 348 g/mol. The molecule has 1 amide bonds. The number of amidine groups is 1. The van der Waals surface area contributed by atoms with Crippen LogP contribution in [0.25, 0.3) is 0 Å². The molecule has 2 saturated heterocycles. The maximum Gasteiger partial charge on any atom is 0.252 e. The van der Waals surface area contributed by atoms with Gasteiger partial charge in [0.2, 0.25) is 0 Å². The van der Waals surface area contributed by atoms with Crippen LogP contribution in [0.4, 0.5) is 0 Å². The van der Waals surface area contributed by atoms with E-state index in [9.17, 15) is 13.2 Å². The fourth-order valence-electron chi connectivity index (χ4n) is 2.93. The van der Waals surface area contributed by atoms with E-state index in [0.717, 1.165) is 11.3 Å². The molecule has 1 aromatic carbocycles. The average molecular weight is 368 g/mol. The molecule has 0 radical (unpaired) electrons. The topological polar surface area (TPSA) is 76.0 Å². The van der Waals surface area contributed by atoms with Crippen LogP contribution in [-0.4, -0.2) is 60.8 Å². The molecule has 0 N–H and O–H groups in total. The zero-order chi connectivity index (χ0) is 17.3. The lowest BCUT2D eigenvalue weighted by atomic mass is 10.1. The molecule has 0 aromatic heterocycles. The highest BCUT2D eigenvalue weighted by Crippen LogP contribution is 2.37. The zero-order valence-electron chi connectivity index (χ0n) is 13.6. The van der Waals surface area contributed by atoms with E-state index in [1.54, 1.807) is 0 Å². The molecule has 2 aliphatic heterocycles. The summed E-state index contributed by atoms with van der Waals surface area (Å²) in [6, 6.07) is 7.32. The van der Waals surface area contributed by atoms with Gasteiger partial charge in [-0.25, -0.2) is 8.42 Å². The van der Waals surface area contributed by atoms with Gasteiger partial charge in [-0.15, -0.1) is 0 Å². The van der Waals surface area contributed by atoms with Crippen LogP contribution in [0, 0.1) is 0 Å². The minimum atomic E-state index is -2.96. The Labute approximate surface area is 146 Å². The summed E-state index contributed by atoms with van der Waals surface area (Å²) in [4.78, 5) is 18.2. The summed E-state index contributed by atoms with van der Waals surface area (Å²) < 4.78 is 28.7. The van der Waals surface area contributed by atoms with Gasteiger partial charge in [0, 0.05) is 12.3 Å². The van der Waals surface area contributed by atoms with Crippen molar-refractivity contribution in [3.63, 3.8) is 0 Å². The Morgan fingerprint density at radius 3 is 2.67 bits per heavy atom. The Balaban J connectivity index is 1.63. The van der Waals surface area contributed by atoms with Crippen molar-refractivity contribution in [2.24, 2.45) is 4.99 Å². The van der Waals surface area contributed by atoms with Gasteiger partial charge in [-0.3, -0.25) is 4.79 Å². The lowest BCUT2D eigenvalue weighted by Crippen LogP contribution is -2.34. The Bertz CT molecular complexity index is 759. The summed E-state index contributed by atoms with van der Waals surface area (Å²) in [6.07, 6.45) is 0.220. The van der Waals surface area contributed by atoms with Crippen molar-refractivity contribution in [2.45, 2.75) is 24.6 Å². The van der Waals surface area contributed by atoms with Gasteiger partial charge in [0.05, 0.1) is 30.6 Å². The van der Waals surface area contributed by atoms with Crippen molar-refractivity contribution in [1.82, 2.24) is 4.90 Å². The average Bonchev–Trinajstić information content (AvgIpc) is 2.95. The van der Waals surface area contributed by atoms with E-state index in [-0.39, 0.29) is 35.1 Å². The molecule has 24 heavy (non-hydrogen) atoms. The van der Waals surface area contributed by atoms with E-state index >= 15 is 0 Å². The van der Waals surface area contributed by atoms with Gasteiger partial charge in [-0.1, -0.05) is 23.9 Å². The highest BCUT2D eigenvalue weighted by atomic mass is 32.2. The lowest BCUT2D eigenvalue weighted by molar-refractivity contribution is -0.117. The van der Waals surface area contributed by atoms with Crippen molar-refractivity contribution in [3.8, 4) is 5.75 Å². The molecule has 2 atom stereocenters. The number of rotatable bonds is 4. The Morgan fingerprint density at radius 2 is 2.04 bits per heavy atom. The Kier molecular flexibility index (Phi) is 4.87. The molecule has 6 nitrogen and oxygen atoms in total. The first-order chi connectivity index (χ1) is 11.4. The summed E-state index contributed by atoms with van der Waals surface area (Å²) >= 11 is 1.40. The molecule has 0 bridgehead atoms. The van der Waals surface area contributed by atoms with E-state index in [1.165, 1.54) is 11.8 Å². The molecule has 2 aliphatic rings. The second-order valence-corrected chi connectivity index (χ2v) is 9.31. The van der Waals surface area contributed by atoms with Crippen LogP contribution < -0.4 is 4.74 Å². The predicted molar refractivity (Wildman–Crippen MR) is 95.3 cm³/mol. The smallest absolute Gasteiger partial charge is 0.252 e. The third kappa shape index (κ3) is 3.75. The van der Waals surface area contributed by atoms with Crippen molar-refractivity contribution < 1.29 is 17.9 Å². The molecule has 0 spiro atoms.